The quantitative estimate of drug-likeness (QED) is 0.472. The first-order valence-electron chi connectivity index (χ1n) is 4.23. The van der Waals surface area contributed by atoms with Crippen LogP contribution in [0.3, 0.4) is 0 Å². The minimum atomic E-state index is -0.359. The SMILES string of the molecule is CN(C)CCCC/C=C/C(N)=O. The van der Waals surface area contributed by atoms with Crippen LogP contribution in [0.5, 0.6) is 0 Å². The average Bonchev–Trinajstić information content (AvgIpc) is 1.95. The second kappa shape index (κ2) is 6.85. The minimum Gasteiger partial charge on any atom is -0.366 e. The van der Waals surface area contributed by atoms with Gasteiger partial charge in [-0.05, 0) is 46.0 Å². The fraction of sp³-hybridized carbons (Fsp3) is 0.667. The van der Waals surface area contributed by atoms with E-state index in [4.69, 9.17) is 5.73 Å². The highest BCUT2D eigenvalue weighted by Crippen LogP contribution is 1.96. The smallest absolute Gasteiger partial charge is 0.241 e. The molecular formula is C9H18N2O. The standard InChI is InChI=1S/C9H18N2O/c1-11(2)8-6-4-3-5-7-9(10)12/h5,7H,3-4,6,8H2,1-2H3,(H2,10,12)/b7-5+. The highest BCUT2D eigenvalue weighted by Gasteiger charge is 1.89. The number of amides is 1. The van der Waals surface area contributed by atoms with Crippen LogP contribution in [0.1, 0.15) is 19.3 Å². The second-order valence-electron chi connectivity index (χ2n) is 3.10. The molecular weight excluding hydrogens is 152 g/mol. The van der Waals surface area contributed by atoms with E-state index in [2.05, 4.69) is 19.0 Å². The van der Waals surface area contributed by atoms with Gasteiger partial charge in [-0.15, -0.1) is 0 Å². The van der Waals surface area contributed by atoms with Crippen molar-refractivity contribution in [2.45, 2.75) is 19.3 Å². The fourth-order valence-electron chi connectivity index (χ4n) is 0.890. The highest BCUT2D eigenvalue weighted by molar-refractivity contribution is 5.85. The Morgan fingerprint density at radius 1 is 1.42 bits per heavy atom. The van der Waals surface area contributed by atoms with Gasteiger partial charge in [0.1, 0.15) is 0 Å². The van der Waals surface area contributed by atoms with E-state index in [1.807, 2.05) is 6.08 Å². The van der Waals surface area contributed by atoms with Crippen molar-refractivity contribution in [1.29, 1.82) is 0 Å². The van der Waals surface area contributed by atoms with Gasteiger partial charge in [0, 0.05) is 0 Å². The molecule has 0 saturated carbocycles. The largest absolute Gasteiger partial charge is 0.366 e. The van der Waals surface area contributed by atoms with E-state index in [1.165, 1.54) is 6.08 Å². The first-order valence-corrected chi connectivity index (χ1v) is 4.23. The summed E-state index contributed by atoms with van der Waals surface area (Å²) in [6.45, 7) is 1.10. The number of hydrogen-bond donors (Lipinski definition) is 1. The van der Waals surface area contributed by atoms with Crippen molar-refractivity contribution < 1.29 is 4.79 Å². The maximum atomic E-state index is 10.3. The van der Waals surface area contributed by atoms with E-state index in [0.717, 1.165) is 25.8 Å². The van der Waals surface area contributed by atoms with E-state index in [-0.39, 0.29) is 5.91 Å². The molecule has 0 aromatic heterocycles. The monoisotopic (exact) mass is 170 g/mol. The molecule has 3 heteroatoms. The van der Waals surface area contributed by atoms with Crippen molar-refractivity contribution in [1.82, 2.24) is 4.90 Å². The number of carbonyl (C=O) groups excluding carboxylic acids is 1. The summed E-state index contributed by atoms with van der Waals surface area (Å²) >= 11 is 0. The van der Waals surface area contributed by atoms with Crippen molar-refractivity contribution in [3.05, 3.63) is 12.2 Å². The van der Waals surface area contributed by atoms with E-state index >= 15 is 0 Å². The molecule has 12 heavy (non-hydrogen) atoms. The molecule has 0 aromatic carbocycles. The second-order valence-corrected chi connectivity index (χ2v) is 3.10. The van der Waals surface area contributed by atoms with Gasteiger partial charge in [-0.2, -0.15) is 0 Å². The Kier molecular flexibility index (Phi) is 6.38. The molecule has 0 aliphatic rings. The van der Waals surface area contributed by atoms with Gasteiger partial charge in [-0.25, -0.2) is 0 Å². The summed E-state index contributed by atoms with van der Waals surface area (Å²) in [6, 6.07) is 0. The zero-order valence-corrected chi connectivity index (χ0v) is 7.92. The Hall–Kier alpha value is -0.830. The number of rotatable bonds is 6. The number of hydrogen-bond acceptors (Lipinski definition) is 2. The Morgan fingerprint density at radius 2 is 2.08 bits per heavy atom. The van der Waals surface area contributed by atoms with Gasteiger partial charge in [0.15, 0.2) is 0 Å². The summed E-state index contributed by atoms with van der Waals surface area (Å²) in [5.74, 6) is -0.359. The maximum absolute atomic E-state index is 10.3. The molecule has 0 bridgehead atoms. The third-order valence-electron chi connectivity index (χ3n) is 1.51. The van der Waals surface area contributed by atoms with Crippen molar-refractivity contribution in [2.75, 3.05) is 20.6 Å². The average molecular weight is 170 g/mol. The lowest BCUT2D eigenvalue weighted by Gasteiger charge is -2.07. The van der Waals surface area contributed by atoms with Crippen LogP contribution in [0.25, 0.3) is 0 Å². The molecule has 1 amide bonds. The van der Waals surface area contributed by atoms with Gasteiger partial charge in [0.2, 0.25) is 5.91 Å². The van der Waals surface area contributed by atoms with Gasteiger partial charge in [-0.3, -0.25) is 4.79 Å². The molecule has 0 spiro atoms. The summed E-state index contributed by atoms with van der Waals surface area (Å²) in [7, 11) is 4.11. The number of primary amides is 1. The molecule has 0 fully saturated rings. The molecule has 70 valence electrons. The predicted octanol–water partition coefficient (Wildman–Crippen LogP) is 0.760. The van der Waals surface area contributed by atoms with Crippen LogP contribution in [-0.4, -0.2) is 31.4 Å². The van der Waals surface area contributed by atoms with Gasteiger partial charge < -0.3 is 10.6 Å². The highest BCUT2D eigenvalue weighted by atomic mass is 16.1. The van der Waals surface area contributed by atoms with Crippen molar-refractivity contribution in [2.24, 2.45) is 5.73 Å². The van der Waals surface area contributed by atoms with Gasteiger partial charge in [-0.1, -0.05) is 6.08 Å². The molecule has 0 radical (unpaired) electrons. The normalized spacial score (nSPS) is 11.2. The van der Waals surface area contributed by atoms with Crippen LogP contribution in [0.2, 0.25) is 0 Å². The Morgan fingerprint density at radius 3 is 2.58 bits per heavy atom. The van der Waals surface area contributed by atoms with E-state index in [0.29, 0.717) is 0 Å². The molecule has 0 unspecified atom stereocenters. The third kappa shape index (κ3) is 9.17. The number of allylic oxidation sites excluding steroid dienone is 1. The third-order valence-corrected chi connectivity index (χ3v) is 1.51. The fourth-order valence-corrected chi connectivity index (χ4v) is 0.890. The van der Waals surface area contributed by atoms with Crippen LogP contribution in [-0.2, 0) is 4.79 Å². The van der Waals surface area contributed by atoms with Crippen molar-refractivity contribution >= 4 is 5.91 Å². The van der Waals surface area contributed by atoms with Gasteiger partial charge in [0.25, 0.3) is 0 Å². The lowest BCUT2D eigenvalue weighted by Crippen LogP contribution is -2.12. The number of nitrogens with zero attached hydrogens (tertiary/aromatic N) is 1. The topological polar surface area (TPSA) is 46.3 Å². The molecule has 0 rings (SSSR count). The zero-order chi connectivity index (χ0) is 9.40. The molecule has 0 saturated heterocycles. The molecule has 0 aromatic rings. The van der Waals surface area contributed by atoms with Crippen molar-refractivity contribution in [3.63, 3.8) is 0 Å². The van der Waals surface area contributed by atoms with Gasteiger partial charge >= 0.3 is 0 Å². The predicted molar refractivity (Wildman–Crippen MR) is 50.7 cm³/mol. The molecule has 0 aliphatic heterocycles. The molecule has 0 heterocycles. The van der Waals surface area contributed by atoms with Gasteiger partial charge in [0.05, 0.1) is 0 Å². The van der Waals surface area contributed by atoms with Crippen LogP contribution in [0.4, 0.5) is 0 Å². The number of unbranched alkanes of at least 4 members (excludes halogenated alkanes) is 2. The summed E-state index contributed by atoms with van der Waals surface area (Å²) in [4.78, 5) is 12.4. The molecule has 2 N–H and O–H groups in total. The van der Waals surface area contributed by atoms with Crippen molar-refractivity contribution in [3.8, 4) is 0 Å². The van der Waals surface area contributed by atoms with Crippen LogP contribution < -0.4 is 5.73 Å². The summed E-state index contributed by atoms with van der Waals surface area (Å²) in [5, 5.41) is 0. The van der Waals surface area contributed by atoms with Crippen LogP contribution in [0, 0.1) is 0 Å². The van der Waals surface area contributed by atoms with E-state index in [9.17, 15) is 4.79 Å². The zero-order valence-electron chi connectivity index (χ0n) is 7.92. The summed E-state index contributed by atoms with van der Waals surface area (Å²) < 4.78 is 0. The number of carbonyl (C=O) groups is 1. The lowest BCUT2D eigenvalue weighted by atomic mass is 10.2. The van der Waals surface area contributed by atoms with Crippen LogP contribution >= 0.6 is 0 Å². The maximum Gasteiger partial charge on any atom is 0.241 e. The molecule has 0 atom stereocenters. The Bertz CT molecular complexity index is 153. The first-order chi connectivity index (χ1) is 5.63. The minimum absolute atomic E-state index is 0.359. The number of nitrogens with two attached hydrogens (primary N) is 1. The Balaban J connectivity index is 3.16. The first kappa shape index (κ1) is 11.2. The Labute approximate surface area is 74.2 Å². The summed E-state index contributed by atoms with van der Waals surface area (Å²) in [5.41, 5.74) is 4.92. The summed E-state index contributed by atoms with van der Waals surface area (Å²) in [6.07, 6.45) is 6.47. The van der Waals surface area contributed by atoms with E-state index in [1.54, 1.807) is 0 Å². The van der Waals surface area contributed by atoms with Crippen LogP contribution in [0.15, 0.2) is 12.2 Å². The van der Waals surface area contributed by atoms with E-state index < -0.39 is 0 Å². The molecule has 0 aliphatic carbocycles. The molecule has 3 nitrogen and oxygen atoms in total. The lowest BCUT2D eigenvalue weighted by molar-refractivity contribution is -0.113.